The number of aromatic nitrogens is 3. The number of piperazine rings is 1. The van der Waals surface area contributed by atoms with E-state index in [1.807, 2.05) is 31.5 Å². The summed E-state index contributed by atoms with van der Waals surface area (Å²) in [6.07, 6.45) is 3.89. The van der Waals surface area contributed by atoms with Gasteiger partial charge >= 0.3 is 0 Å². The highest BCUT2D eigenvalue weighted by atomic mass is 15.2. The van der Waals surface area contributed by atoms with Crippen LogP contribution >= 0.6 is 0 Å². The zero-order valence-electron chi connectivity index (χ0n) is 11.2. The van der Waals surface area contributed by atoms with E-state index in [4.69, 9.17) is 0 Å². The molecule has 3 rings (SSSR count). The second-order valence-electron chi connectivity index (χ2n) is 4.94. The summed E-state index contributed by atoms with van der Waals surface area (Å²) >= 11 is 0. The summed E-state index contributed by atoms with van der Waals surface area (Å²) in [5.74, 6) is 0.915. The minimum atomic E-state index is 0.834. The van der Waals surface area contributed by atoms with Gasteiger partial charge in [0.25, 0.3) is 0 Å². The molecule has 2 N–H and O–H groups in total. The van der Waals surface area contributed by atoms with Crippen molar-refractivity contribution in [2.45, 2.75) is 13.5 Å². The third kappa shape index (κ3) is 3.00. The quantitative estimate of drug-likeness (QED) is 0.867. The van der Waals surface area contributed by atoms with Crippen molar-refractivity contribution in [3.8, 4) is 11.3 Å². The maximum atomic E-state index is 4.68. The maximum Gasteiger partial charge on any atom is 0.143 e. The van der Waals surface area contributed by atoms with Gasteiger partial charge in [-0.25, -0.2) is 9.97 Å². The first kappa shape index (κ1) is 12.3. The Hall–Kier alpha value is -1.72. The minimum absolute atomic E-state index is 0.834. The molecule has 0 amide bonds. The summed E-state index contributed by atoms with van der Waals surface area (Å²) in [5, 5.41) is 3.36. The summed E-state index contributed by atoms with van der Waals surface area (Å²) in [4.78, 5) is 14.7. The smallest absolute Gasteiger partial charge is 0.143 e. The molecule has 1 aliphatic rings. The Labute approximate surface area is 113 Å². The number of H-pyrrole nitrogens is 1. The third-order valence-corrected chi connectivity index (χ3v) is 3.37. The van der Waals surface area contributed by atoms with E-state index in [0.29, 0.717) is 0 Å². The number of aromatic amines is 1. The molecule has 3 heterocycles. The standard InChI is InChI=1S/C14H19N5/c1-11-8-13(12-2-3-16-9-12)18-14(17-11)10-19-6-4-15-5-7-19/h2-3,8-9,15-16H,4-7,10H2,1H3. The zero-order chi connectivity index (χ0) is 13.1. The second-order valence-corrected chi connectivity index (χ2v) is 4.94. The maximum absolute atomic E-state index is 4.68. The van der Waals surface area contributed by atoms with Crippen LogP contribution in [0.15, 0.2) is 24.5 Å². The van der Waals surface area contributed by atoms with Gasteiger partial charge in [0.2, 0.25) is 0 Å². The lowest BCUT2D eigenvalue weighted by Crippen LogP contribution is -2.43. The first-order valence-corrected chi connectivity index (χ1v) is 6.72. The predicted octanol–water partition coefficient (Wildman–Crippen LogP) is 1.19. The lowest BCUT2D eigenvalue weighted by Gasteiger charge is -2.26. The first-order chi connectivity index (χ1) is 9.31. The van der Waals surface area contributed by atoms with Gasteiger partial charge in [0, 0.05) is 49.8 Å². The Morgan fingerprint density at radius 1 is 1.26 bits per heavy atom. The van der Waals surface area contributed by atoms with Crippen molar-refractivity contribution in [1.82, 2.24) is 25.2 Å². The molecule has 2 aromatic rings. The van der Waals surface area contributed by atoms with Gasteiger partial charge in [-0.3, -0.25) is 4.90 Å². The average Bonchev–Trinajstić information content (AvgIpc) is 2.93. The lowest BCUT2D eigenvalue weighted by atomic mass is 10.2. The molecule has 0 bridgehead atoms. The molecule has 0 aromatic carbocycles. The van der Waals surface area contributed by atoms with Crippen LogP contribution in [0.5, 0.6) is 0 Å². The van der Waals surface area contributed by atoms with Crippen LogP contribution in [0.2, 0.25) is 0 Å². The van der Waals surface area contributed by atoms with Gasteiger partial charge in [-0.05, 0) is 19.1 Å². The predicted molar refractivity (Wildman–Crippen MR) is 74.7 cm³/mol. The van der Waals surface area contributed by atoms with Gasteiger partial charge < -0.3 is 10.3 Å². The molecule has 0 unspecified atom stereocenters. The largest absolute Gasteiger partial charge is 0.367 e. The number of hydrogen-bond acceptors (Lipinski definition) is 4. The fourth-order valence-corrected chi connectivity index (χ4v) is 2.40. The van der Waals surface area contributed by atoms with Crippen molar-refractivity contribution in [3.63, 3.8) is 0 Å². The molecule has 5 nitrogen and oxygen atoms in total. The van der Waals surface area contributed by atoms with Crippen molar-refractivity contribution in [2.75, 3.05) is 26.2 Å². The molecule has 19 heavy (non-hydrogen) atoms. The summed E-state index contributed by atoms with van der Waals surface area (Å²) in [6, 6.07) is 4.07. The fourth-order valence-electron chi connectivity index (χ4n) is 2.40. The van der Waals surface area contributed by atoms with E-state index in [0.717, 1.165) is 55.5 Å². The topological polar surface area (TPSA) is 56.8 Å². The number of rotatable bonds is 3. The molecule has 0 aliphatic carbocycles. The molecule has 1 aliphatic heterocycles. The molecule has 0 atom stereocenters. The van der Waals surface area contributed by atoms with Crippen LogP contribution in [0.3, 0.4) is 0 Å². The van der Waals surface area contributed by atoms with Crippen molar-refractivity contribution < 1.29 is 0 Å². The van der Waals surface area contributed by atoms with Crippen molar-refractivity contribution >= 4 is 0 Å². The van der Waals surface area contributed by atoms with Gasteiger partial charge in [-0.1, -0.05) is 0 Å². The molecule has 1 fully saturated rings. The van der Waals surface area contributed by atoms with Crippen LogP contribution in [0, 0.1) is 6.92 Å². The average molecular weight is 257 g/mol. The highest BCUT2D eigenvalue weighted by Gasteiger charge is 2.12. The third-order valence-electron chi connectivity index (χ3n) is 3.37. The Morgan fingerprint density at radius 2 is 2.11 bits per heavy atom. The van der Waals surface area contributed by atoms with Crippen LogP contribution in [-0.2, 0) is 6.54 Å². The number of nitrogens with one attached hydrogen (secondary N) is 2. The van der Waals surface area contributed by atoms with Crippen molar-refractivity contribution in [1.29, 1.82) is 0 Å². The van der Waals surface area contributed by atoms with E-state index in [9.17, 15) is 0 Å². The lowest BCUT2D eigenvalue weighted by molar-refractivity contribution is 0.228. The molecule has 0 saturated carbocycles. The molecular weight excluding hydrogens is 238 g/mol. The molecular formula is C14H19N5. The van der Waals surface area contributed by atoms with Crippen molar-refractivity contribution in [2.24, 2.45) is 0 Å². The number of nitrogens with zero attached hydrogens (tertiary/aromatic N) is 3. The van der Waals surface area contributed by atoms with E-state index < -0.39 is 0 Å². The second kappa shape index (κ2) is 5.50. The van der Waals surface area contributed by atoms with E-state index in [-0.39, 0.29) is 0 Å². The van der Waals surface area contributed by atoms with Gasteiger partial charge in [0.05, 0.1) is 12.2 Å². The summed E-state index contributed by atoms with van der Waals surface area (Å²) in [5.41, 5.74) is 3.14. The van der Waals surface area contributed by atoms with Gasteiger partial charge in [0.15, 0.2) is 0 Å². The SMILES string of the molecule is Cc1cc(-c2cc[nH]c2)nc(CN2CCNCC2)n1. The van der Waals surface area contributed by atoms with Gasteiger partial charge in [-0.15, -0.1) is 0 Å². The Morgan fingerprint density at radius 3 is 2.84 bits per heavy atom. The molecule has 2 aromatic heterocycles. The van der Waals surface area contributed by atoms with Gasteiger partial charge in [-0.2, -0.15) is 0 Å². The van der Waals surface area contributed by atoms with Crippen LogP contribution < -0.4 is 5.32 Å². The van der Waals surface area contributed by atoms with E-state index in [1.54, 1.807) is 0 Å². The number of aryl methyl sites for hydroxylation is 1. The van der Waals surface area contributed by atoms with E-state index in [1.165, 1.54) is 0 Å². The summed E-state index contributed by atoms with van der Waals surface area (Å²) in [7, 11) is 0. The van der Waals surface area contributed by atoms with Crippen LogP contribution in [0.4, 0.5) is 0 Å². The molecule has 0 spiro atoms. The highest BCUT2D eigenvalue weighted by molar-refractivity contribution is 5.58. The Kier molecular flexibility index (Phi) is 3.57. The molecule has 0 radical (unpaired) electrons. The van der Waals surface area contributed by atoms with Crippen LogP contribution in [0.25, 0.3) is 11.3 Å². The van der Waals surface area contributed by atoms with Crippen molar-refractivity contribution in [3.05, 3.63) is 36.0 Å². The Balaban J connectivity index is 1.81. The normalized spacial score (nSPS) is 16.7. The van der Waals surface area contributed by atoms with E-state index in [2.05, 4.69) is 25.2 Å². The Bertz CT molecular complexity index is 529. The summed E-state index contributed by atoms with van der Waals surface area (Å²) < 4.78 is 0. The first-order valence-electron chi connectivity index (χ1n) is 6.72. The van der Waals surface area contributed by atoms with Gasteiger partial charge in [0.1, 0.15) is 5.82 Å². The molecule has 100 valence electrons. The fraction of sp³-hybridized carbons (Fsp3) is 0.429. The van der Waals surface area contributed by atoms with Crippen LogP contribution in [0.1, 0.15) is 11.5 Å². The summed E-state index contributed by atoms with van der Waals surface area (Å²) in [6.45, 7) is 7.10. The monoisotopic (exact) mass is 257 g/mol. The van der Waals surface area contributed by atoms with Crippen LogP contribution in [-0.4, -0.2) is 46.0 Å². The molecule has 1 saturated heterocycles. The number of hydrogen-bond donors (Lipinski definition) is 2. The highest BCUT2D eigenvalue weighted by Crippen LogP contribution is 2.17. The zero-order valence-corrected chi connectivity index (χ0v) is 11.2. The van der Waals surface area contributed by atoms with E-state index >= 15 is 0 Å². The molecule has 5 heteroatoms. The minimum Gasteiger partial charge on any atom is -0.367 e.